The highest BCUT2D eigenvalue weighted by Crippen LogP contribution is 2.26. The maximum absolute atomic E-state index is 5.57. The van der Waals surface area contributed by atoms with E-state index in [2.05, 4.69) is 36.1 Å². The highest BCUT2D eigenvalue weighted by atomic mass is 16.4. The molecule has 1 saturated carbocycles. The molecule has 0 spiro atoms. The van der Waals surface area contributed by atoms with Crippen molar-refractivity contribution in [1.82, 2.24) is 10.3 Å². The van der Waals surface area contributed by atoms with Crippen LogP contribution in [0.1, 0.15) is 45.2 Å². The summed E-state index contributed by atoms with van der Waals surface area (Å²) in [5.41, 5.74) is 0.996. The van der Waals surface area contributed by atoms with Crippen molar-refractivity contribution in [3.8, 4) is 0 Å². The molecule has 0 amide bonds. The fourth-order valence-electron chi connectivity index (χ4n) is 2.48. The molecule has 1 heterocycles. The first-order chi connectivity index (χ1) is 8.66. The lowest BCUT2D eigenvalue weighted by atomic mass is 10.2. The molecule has 0 unspecified atom stereocenters. The molecule has 18 heavy (non-hydrogen) atoms. The molecule has 0 aromatic carbocycles. The molecule has 1 fully saturated rings. The second kappa shape index (κ2) is 6.23. The van der Waals surface area contributed by atoms with Crippen molar-refractivity contribution in [3.05, 3.63) is 12.0 Å². The number of hydrogen-bond acceptors (Lipinski definition) is 4. The molecular formula is C14H25N3O. The van der Waals surface area contributed by atoms with E-state index < -0.39 is 0 Å². The topological polar surface area (TPSA) is 41.3 Å². The maximum atomic E-state index is 5.57. The van der Waals surface area contributed by atoms with Crippen LogP contribution in [0.4, 0.5) is 6.01 Å². The molecule has 2 rings (SSSR count). The van der Waals surface area contributed by atoms with Gasteiger partial charge in [0.2, 0.25) is 0 Å². The first-order valence-electron chi connectivity index (χ1n) is 7.04. The van der Waals surface area contributed by atoms with Gasteiger partial charge in [-0.25, -0.2) is 0 Å². The molecule has 0 saturated heterocycles. The standard InChI is InChI=1S/C14H25N3O/c1-11(2)8-15-9-12-10-18-14(16-12)17(3)13-6-4-5-7-13/h10-11,13,15H,4-9H2,1-3H3. The SMILES string of the molecule is CC(C)CNCc1coc(N(C)C2CCCC2)n1. The number of nitrogens with one attached hydrogen (secondary N) is 1. The quantitative estimate of drug-likeness (QED) is 0.844. The molecule has 1 aliphatic rings. The maximum Gasteiger partial charge on any atom is 0.297 e. The largest absolute Gasteiger partial charge is 0.432 e. The van der Waals surface area contributed by atoms with Gasteiger partial charge in [0.15, 0.2) is 0 Å². The van der Waals surface area contributed by atoms with Crippen molar-refractivity contribution in [2.75, 3.05) is 18.5 Å². The van der Waals surface area contributed by atoms with Gasteiger partial charge in [0, 0.05) is 19.6 Å². The summed E-state index contributed by atoms with van der Waals surface area (Å²) < 4.78 is 5.57. The predicted octanol–water partition coefficient (Wildman–Crippen LogP) is 2.80. The van der Waals surface area contributed by atoms with Crippen LogP contribution in [0.15, 0.2) is 10.7 Å². The molecule has 1 N–H and O–H groups in total. The molecule has 0 atom stereocenters. The summed E-state index contributed by atoms with van der Waals surface area (Å²) in [6.45, 7) is 6.21. The third kappa shape index (κ3) is 3.48. The Labute approximate surface area is 110 Å². The van der Waals surface area contributed by atoms with Crippen molar-refractivity contribution in [3.63, 3.8) is 0 Å². The second-order valence-electron chi connectivity index (χ2n) is 5.70. The van der Waals surface area contributed by atoms with Crippen LogP contribution in [0.3, 0.4) is 0 Å². The lowest BCUT2D eigenvalue weighted by Gasteiger charge is -2.21. The number of hydrogen-bond donors (Lipinski definition) is 1. The van der Waals surface area contributed by atoms with Gasteiger partial charge in [-0.15, -0.1) is 0 Å². The van der Waals surface area contributed by atoms with E-state index in [-0.39, 0.29) is 0 Å². The van der Waals surface area contributed by atoms with E-state index in [1.54, 1.807) is 6.26 Å². The Morgan fingerprint density at radius 1 is 1.44 bits per heavy atom. The van der Waals surface area contributed by atoms with Gasteiger partial charge in [-0.05, 0) is 25.3 Å². The van der Waals surface area contributed by atoms with E-state index in [0.717, 1.165) is 24.8 Å². The summed E-state index contributed by atoms with van der Waals surface area (Å²) in [5.74, 6) is 0.664. The van der Waals surface area contributed by atoms with E-state index in [1.165, 1.54) is 25.7 Å². The number of rotatable bonds is 6. The minimum Gasteiger partial charge on any atom is -0.432 e. The zero-order chi connectivity index (χ0) is 13.0. The van der Waals surface area contributed by atoms with E-state index in [4.69, 9.17) is 4.42 Å². The van der Waals surface area contributed by atoms with Gasteiger partial charge in [-0.1, -0.05) is 26.7 Å². The Balaban J connectivity index is 1.85. The van der Waals surface area contributed by atoms with Crippen LogP contribution in [0.2, 0.25) is 0 Å². The zero-order valence-corrected chi connectivity index (χ0v) is 11.8. The highest BCUT2D eigenvalue weighted by molar-refractivity contribution is 5.27. The number of aromatic nitrogens is 1. The van der Waals surface area contributed by atoms with Gasteiger partial charge < -0.3 is 14.6 Å². The van der Waals surface area contributed by atoms with Crippen molar-refractivity contribution < 1.29 is 4.42 Å². The monoisotopic (exact) mass is 251 g/mol. The third-order valence-electron chi connectivity index (χ3n) is 3.57. The van der Waals surface area contributed by atoms with E-state index in [0.29, 0.717) is 12.0 Å². The first kappa shape index (κ1) is 13.4. The van der Waals surface area contributed by atoms with Gasteiger partial charge >= 0.3 is 0 Å². The lowest BCUT2D eigenvalue weighted by Crippen LogP contribution is -2.29. The fraction of sp³-hybridized carbons (Fsp3) is 0.786. The Morgan fingerprint density at radius 3 is 2.83 bits per heavy atom. The molecule has 102 valence electrons. The second-order valence-corrected chi connectivity index (χ2v) is 5.70. The molecule has 1 aliphatic carbocycles. The molecule has 0 bridgehead atoms. The Bertz CT molecular complexity index is 356. The molecule has 4 heteroatoms. The summed E-state index contributed by atoms with van der Waals surface area (Å²) in [5, 5.41) is 3.38. The van der Waals surface area contributed by atoms with Crippen LogP contribution >= 0.6 is 0 Å². The van der Waals surface area contributed by atoms with Crippen molar-refractivity contribution in [2.45, 2.75) is 52.1 Å². The third-order valence-corrected chi connectivity index (χ3v) is 3.57. The number of anilines is 1. The molecule has 1 aromatic heterocycles. The lowest BCUT2D eigenvalue weighted by molar-refractivity contribution is 0.511. The van der Waals surface area contributed by atoms with Crippen LogP contribution in [0.5, 0.6) is 0 Å². The minimum atomic E-state index is 0.611. The molecule has 4 nitrogen and oxygen atoms in total. The van der Waals surface area contributed by atoms with Crippen LogP contribution in [-0.2, 0) is 6.54 Å². The van der Waals surface area contributed by atoms with Crippen molar-refractivity contribution >= 4 is 6.01 Å². The Hall–Kier alpha value is -1.03. The Kier molecular flexibility index (Phi) is 4.64. The fourth-order valence-corrected chi connectivity index (χ4v) is 2.48. The van der Waals surface area contributed by atoms with E-state index in [1.807, 2.05) is 0 Å². The number of oxazole rings is 1. The van der Waals surface area contributed by atoms with Gasteiger partial charge in [-0.3, -0.25) is 0 Å². The summed E-state index contributed by atoms with van der Waals surface area (Å²) >= 11 is 0. The van der Waals surface area contributed by atoms with E-state index in [9.17, 15) is 0 Å². The average Bonchev–Trinajstić information content (AvgIpc) is 2.99. The number of nitrogens with zero attached hydrogens (tertiary/aromatic N) is 2. The molecule has 0 radical (unpaired) electrons. The van der Waals surface area contributed by atoms with Gasteiger partial charge in [0.05, 0.1) is 5.69 Å². The van der Waals surface area contributed by atoms with Crippen LogP contribution in [0.25, 0.3) is 0 Å². The summed E-state index contributed by atoms with van der Waals surface area (Å²) in [4.78, 5) is 6.74. The smallest absolute Gasteiger partial charge is 0.297 e. The normalized spacial score (nSPS) is 16.7. The average molecular weight is 251 g/mol. The van der Waals surface area contributed by atoms with Crippen LogP contribution in [0, 0.1) is 5.92 Å². The minimum absolute atomic E-state index is 0.611. The summed E-state index contributed by atoms with van der Waals surface area (Å²) in [6.07, 6.45) is 6.96. The van der Waals surface area contributed by atoms with Crippen molar-refractivity contribution in [2.24, 2.45) is 5.92 Å². The highest BCUT2D eigenvalue weighted by Gasteiger charge is 2.22. The van der Waals surface area contributed by atoms with E-state index >= 15 is 0 Å². The van der Waals surface area contributed by atoms with Crippen LogP contribution < -0.4 is 10.2 Å². The van der Waals surface area contributed by atoms with Gasteiger partial charge in [0.25, 0.3) is 6.01 Å². The molecular weight excluding hydrogens is 226 g/mol. The summed E-state index contributed by atoms with van der Waals surface area (Å²) in [6, 6.07) is 1.38. The van der Waals surface area contributed by atoms with Gasteiger partial charge in [-0.2, -0.15) is 4.98 Å². The zero-order valence-electron chi connectivity index (χ0n) is 11.8. The summed E-state index contributed by atoms with van der Waals surface area (Å²) in [7, 11) is 2.09. The Morgan fingerprint density at radius 2 is 2.17 bits per heavy atom. The van der Waals surface area contributed by atoms with Crippen molar-refractivity contribution in [1.29, 1.82) is 0 Å². The molecule has 0 aliphatic heterocycles. The molecule has 1 aromatic rings. The first-order valence-corrected chi connectivity index (χ1v) is 7.04. The van der Waals surface area contributed by atoms with Crippen LogP contribution in [-0.4, -0.2) is 24.6 Å². The predicted molar refractivity (Wildman–Crippen MR) is 73.7 cm³/mol. The van der Waals surface area contributed by atoms with Gasteiger partial charge in [0.1, 0.15) is 6.26 Å².